The molecule has 1 rings (SSSR count). The van der Waals surface area contributed by atoms with E-state index in [1.165, 1.54) is 0 Å². The van der Waals surface area contributed by atoms with Crippen LogP contribution in [0.25, 0.3) is 0 Å². The van der Waals surface area contributed by atoms with E-state index in [1.807, 2.05) is 0 Å². The number of primary amides is 1. The third-order valence-corrected chi connectivity index (χ3v) is 3.70. The van der Waals surface area contributed by atoms with Gasteiger partial charge in [-0.15, -0.1) is 0 Å². The van der Waals surface area contributed by atoms with E-state index in [-0.39, 0.29) is 0 Å². The SMILES string of the molecule is CC(=O)[C@@]1(N[C@@H](CC(N)=O)C(=O)O)O[C@H](CO)[C@@H](O)[C@H](O)[C@H]1N. The number of nitrogens with two attached hydrogens (primary N) is 2. The van der Waals surface area contributed by atoms with Crippen molar-refractivity contribution >= 4 is 17.7 Å². The predicted molar refractivity (Wildman–Crippen MR) is 73.7 cm³/mol. The molecule has 0 aromatic rings. The number of ketones is 1. The molecule has 0 radical (unpaired) electrons. The highest BCUT2D eigenvalue weighted by atomic mass is 16.6. The van der Waals surface area contributed by atoms with Gasteiger partial charge in [0.15, 0.2) is 11.5 Å². The molecule has 9 N–H and O–H groups in total. The number of aliphatic hydroxyl groups is 3. The number of nitrogens with one attached hydrogen (secondary N) is 1. The van der Waals surface area contributed by atoms with Gasteiger partial charge in [0, 0.05) is 0 Å². The summed E-state index contributed by atoms with van der Waals surface area (Å²) in [5, 5.41) is 40.4. The number of hydrogen-bond donors (Lipinski definition) is 7. The van der Waals surface area contributed by atoms with Gasteiger partial charge in [0.05, 0.1) is 19.1 Å². The van der Waals surface area contributed by atoms with E-state index in [4.69, 9.17) is 21.3 Å². The smallest absolute Gasteiger partial charge is 0.321 e. The summed E-state index contributed by atoms with van der Waals surface area (Å²) in [6, 6.07) is -3.17. The molecule has 1 aliphatic rings. The monoisotopic (exact) mass is 335 g/mol. The van der Waals surface area contributed by atoms with E-state index in [0.29, 0.717) is 0 Å². The molecule has 1 aliphatic heterocycles. The van der Waals surface area contributed by atoms with Crippen LogP contribution < -0.4 is 16.8 Å². The minimum atomic E-state index is -2.22. The zero-order valence-corrected chi connectivity index (χ0v) is 12.4. The minimum absolute atomic E-state index is 0.664. The number of Topliss-reactive ketones (excluding diaryl/α,β-unsaturated/α-hetero) is 1. The van der Waals surface area contributed by atoms with Crippen molar-refractivity contribution in [2.24, 2.45) is 11.5 Å². The maximum Gasteiger partial charge on any atom is 0.321 e. The number of carboxylic acids is 1. The summed E-state index contributed by atoms with van der Waals surface area (Å²) in [6.45, 7) is 0.268. The number of rotatable bonds is 7. The minimum Gasteiger partial charge on any atom is -0.480 e. The molecule has 11 nitrogen and oxygen atoms in total. The molecular weight excluding hydrogens is 314 g/mol. The Balaban J connectivity index is 3.21. The molecule has 1 heterocycles. The van der Waals surface area contributed by atoms with Gasteiger partial charge in [0.2, 0.25) is 5.91 Å². The van der Waals surface area contributed by atoms with Crippen LogP contribution in [0.1, 0.15) is 13.3 Å². The van der Waals surface area contributed by atoms with Crippen molar-refractivity contribution in [3.63, 3.8) is 0 Å². The number of ether oxygens (including phenoxy) is 1. The van der Waals surface area contributed by atoms with Gasteiger partial charge in [0.1, 0.15) is 24.4 Å². The number of carboxylic acid groups (broad SMARTS) is 1. The fourth-order valence-corrected chi connectivity index (χ4v) is 2.41. The average molecular weight is 335 g/mol. The molecule has 0 aliphatic carbocycles. The van der Waals surface area contributed by atoms with Crippen LogP contribution in [0.2, 0.25) is 0 Å². The molecule has 11 heteroatoms. The van der Waals surface area contributed by atoms with Crippen molar-refractivity contribution in [3.8, 4) is 0 Å². The van der Waals surface area contributed by atoms with Crippen molar-refractivity contribution in [1.29, 1.82) is 0 Å². The Morgan fingerprint density at radius 3 is 2.26 bits per heavy atom. The number of carbonyl (C=O) groups is 3. The summed E-state index contributed by atoms with van der Waals surface area (Å²) in [5.41, 5.74) is 8.48. The van der Waals surface area contributed by atoms with Crippen molar-refractivity contribution in [3.05, 3.63) is 0 Å². The van der Waals surface area contributed by atoms with Crippen LogP contribution in [0.4, 0.5) is 0 Å². The highest BCUT2D eigenvalue weighted by Gasteiger charge is 2.56. The molecular formula is C12H21N3O8. The molecule has 0 aromatic carbocycles. The van der Waals surface area contributed by atoms with Crippen LogP contribution in [0.15, 0.2) is 0 Å². The third kappa shape index (κ3) is 3.83. The topological polar surface area (TPSA) is 205 Å². The van der Waals surface area contributed by atoms with E-state index in [0.717, 1.165) is 6.92 Å². The lowest BCUT2D eigenvalue weighted by Gasteiger charge is -2.49. The molecule has 1 amide bonds. The predicted octanol–water partition coefficient (Wildman–Crippen LogP) is -4.37. The Kier molecular flexibility index (Phi) is 6.16. The van der Waals surface area contributed by atoms with Crippen molar-refractivity contribution in [1.82, 2.24) is 5.32 Å². The van der Waals surface area contributed by atoms with E-state index in [1.54, 1.807) is 0 Å². The lowest BCUT2D eigenvalue weighted by molar-refractivity contribution is -0.240. The van der Waals surface area contributed by atoms with Crippen molar-refractivity contribution in [2.45, 2.75) is 49.5 Å². The van der Waals surface area contributed by atoms with Crippen LogP contribution in [0.3, 0.4) is 0 Å². The molecule has 1 fully saturated rings. The number of carbonyl (C=O) groups excluding carboxylic acids is 2. The number of aliphatic hydroxyl groups excluding tert-OH is 3. The van der Waals surface area contributed by atoms with Gasteiger partial charge in [-0.05, 0) is 6.92 Å². The Labute approximate surface area is 131 Å². The van der Waals surface area contributed by atoms with Crippen LogP contribution in [0.5, 0.6) is 0 Å². The third-order valence-electron chi connectivity index (χ3n) is 3.70. The van der Waals surface area contributed by atoms with E-state index in [9.17, 15) is 29.7 Å². The first-order valence-electron chi connectivity index (χ1n) is 6.77. The second-order valence-corrected chi connectivity index (χ2v) is 5.34. The summed E-state index contributed by atoms with van der Waals surface area (Å²) < 4.78 is 5.28. The van der Waals surface area contributed by atoms with Crippen molar-refractivity contribution in [2.75, 3.05) is 6.61 Å². The Morgan fingerprint density at radius 1 is 1.30 bits per heavy atom. The second kappa shape index (κ2) is 7.29. The zero-order chi connectivity index (χ0) is 17.9. The van der Waals surface area contributed by atoms with E-state index in [2.05, 4.69) is 5.32 Å². The van der Waals surface area contributed by atoms with Gasteiger partial charge in [-0.1, -0.05) is 0 Å². The highest BCUT2D eigenvalue weighted by molar-refractivity contribution is 5.88. The summed E-state index contributed by atoms with van der Waals surface area (Å²) >= 11 is 0. The van der Waals surface area contributed by atoms with Gasteiger partial charge in [-0.2, -0.15) is 0 Å². The van der Waals surface area contributed by atoms with Gasteiger partial charge in [-0.3, -0.25) is 19.7 Å². The highest BCUT2D eigenvalue weighted by Crippen LogP contribution is 2.28. The zero-order valence-electron chi connectivity index (χ0n) is 12.4. The Bertz CT molecular complexity index is 485. The second-order valence-electron chi connectivity index (χ2n) is 5.34. The lowest BCUT2D eigenvalue weighted by atomic mass is 9.86. The van der Waals surface area contributed by atoms with E-state index < -0.39 is 66.8 Å². The Hall–Kier alpha value is -1.63. The average Bonchev–Trinajstić information content (AvgIpc) is 2.46. The summed E-state index contributed by atoms with van der Waals surface area (Å²) in [7, 11) is 0. The first-order valence-corrected chi connectivity index (χ1v) is 6.77. The molecule has 6 atom stereocenters. The van der Waals surface area contributed by atoms with Gasteiger partial charge < -0.3 is 36.6 Å². The lowest BCUT2D eigenvalue weighted by Crippen LogP contribution is -2.77. The standard InChI is InChI=1S/C12H21N3O8/c1-4(17)12(15-5(11(21)22)2-7(13)18)10(14)9(20)8(19)6(3-16)23-12/h5-6,8-10,15-16,19-20H,2-3,14H2,1H3,(H2,13,18)(H,21,22)/t5-,6+,8+,9-,10+,12+/m0/s1. The first-order chi connectivity index (χ1) is 10.6. The number of amides is 1. The fourth-order valence-electron chi connectivity index (χ4n) is 2.41. The number of hydrogen-bond acceptors (Lipinski definition) is 9. The van der Waals surface area contributed by atoms with E-state index >= 15 is 0 Å². The largest absolute Gasteiger partial charge is 0.480 e. The molecule has 1 saturated heterocycles. The Morgan fingerprint density at radius 2 is 1.87 bits per heavy atom. The molecule has 23 heavy (non-hydrogen) atoms. The molecule has 0 spiro atoms. The van der Waals surface area contributed by atoms with Gasteiger partial charge in [0.25, 0.3) is 0 Å². The van der Waals surface area contributed by atoms with Gasteiger partial charge in [-0.25, -0.2) is 0 Å². The van der Waals surface area contributed by atoms with Crippen LogP contribution >= 0.6 is 0 Å². The number of aliphatic carboxylic acids is 1. The van der Waals surface area contributed by atoms with Crippen molar-refractivity contribution < 1.29 is 39.5 Å². The van der Waals surface area contributed by atoms with Gasteiger partial charge >= 0.3 is 5.97 Å². The van der Waals surface area contributed by atoms with Crippen LogP contribution in [0, 0.1) is 0 Å². The van der Waals surface area contributed by atoms with Crippen LogP contribution in [-0.4, -0.2) is 80.8 Å². The summed E-state index contributed by atoms with van der Waals surface area (Å²) in [4.78, 5) is 34.3. The molecule has 0 saturated carbocycles. The summed E-state index contributed by atoms with van der Waals surface area (Å²) in [5.74, 6) is -3.25. The fraction of sp³-hybridized carbons (Fsp3) is 0.750. The molecule has 0 aromatic heterocycles. The maximum absolute atomic E-state index is 12.0. The van der Waals surface area contributed by atoms with Crippen LogP contribution in [-0.2, 0) is 19.1 Å². The quantitative estimate of drug-likeness (QED) is 0.238. The first kappa shape index (κ1) is 19.4. The molecule has 132 valence electrons. The maximum atomic E-state index is 12.0. The molecule has 0 bridgehead atoms. The summed E-state index contributed by atoms with van der Waals surface area (Å²) in [6.07, 6.45) is -5.31. The molecule has 0 unspecified atom stereocenters. The normalized spacial score (nSPS) is 35.5.